The molecule has 2 rings (SSSR count). The molecule has 2 heterocycles. The number of nitrogens with zero attached hydrogens (tertiary/aromatic N) is 2. The van der Waals surface area contributed by atoms with Gasteiger partial charge in [0.25, 0.3) is 0 Å². The number of pyridine rings is 1. The number of aliphatic hydroxyl groups is 1. The van der Waals surface area contributed by atoms with Crippen molar-refractivity contribution in [2.24, 2.45) is 0 Å². The van der Waals surface area contributed by atoms with Crippen LogP contribution in [0.3, 0.4) is 0 Å². The van der Waals surface area contributed by atoms with Crippen molar-refractivity contribution in [3.8, 4) is 0 Å². The molecular weight excluding hydrogens is 224 g/mol. The van der Waals surface area contributed by atoms with Crippen molar-refractivity contribution < 1.29 is 5.11 Å². The van der Waals surface area contributed by atoms with Crippen LogP contribution in [0.5, 0.6) is 0 Å². The van der Waals surface area contributed by atoms with Crippen molar-refractivity contribution in [3.05, 3.63) is 24.0 Å². The second-order valence-electron chi connectivity index (χ2n) is 5.25. The average molecular weight is 248 g/mol. The van der Waals surface area contributed by atoms with Crippen molar-refractivity contribution in [1.82, 2.24) is 4.98 Å². The molecule has 100 valence electrons. The minimum absolute atomic E-state index is 0.480. The first-order valence-electron chi connectivity index (χ1n) is 7.13. The van der Waals surface area contributed by atoms with E-state index in [0.29, 0.717) is 6.04 Å². The first-order chi connectivity index (χ1) is 8.72. The Bertz CT molecular complexity index is 359. The van der Waals surface area contributed by atoms with Crippen LogP contribution in [0.1, 0.15) is 57.7 Å². The highest BCUT2D eigenvalue weighted by atomic mass is 16.3. The van der Waals surface area contributed by atoms with Gasteiger partial charge in [-0.15, -0.1) is 0 Å². The molecule has 0 amide bonds. The third kappa shape index (κ3) is 3.02. The summed E-state index contributed by atoms with van der Waals surface area (Å²) < 4.78 is 0. The van der Waals surface area contributed by atoms with Gasteiger partial charge < -0.3 is 10.0 Å². The van der Waals surface area contributed by atoms with Gasteiger partial charge in [0.05, 0.1) is 23.7 Å². The van der Waals surface area contributed by atoms with Gasteiger partial charge in [-0.1, -0.05) is 13.3 Å². The Morgan fingerprint density at radius 1 is 1.44 bits per heavy atom. The number of aromatic nitrogens is 1. The summed E-state index contributed by atoms with van der Waals surface area (Å²) in [6.45, 7) is 5.14. The van der Waals surface area contributed by atoms with Gasteiger partial charge in [-0.3, -0.25) is 4.98 Å². The summed E-state index contributed by atoms with van der Waals surface area (Å²) in [5.74, 6) is 0. The molecule has 2 atom stereocenters. The van der Waals surface area contributed by atoms with Crippen molar-refractivity contribution in [1.29, 1.82) is 0 Å². The largest absolute Gasteiger partial charge is 0.387 e. The molecule has 18 heavy (non-hydrogen) atoms. The molecule has 0 saturated carbocycles. The molecule has 1 saturated heterocycles. The fourth-order valence-corrected chi connectivity index (χ4v) is 2.79. The Labute approximate surface area is 110 Å². The van der Waals surface area contributed by atoms with E-state index in [1.54, 1.807) is 6.92 Å². The summed E-state index contributed by atoms with van der Waals surface area (Å²) in [6, 6.07) is 4.71. The monoisotopic (exact) mass is 248 g/mol. The van der Waals surface area contributed by atoms with Gasteiger partial charge >= 0.3 is 0 Å². The predicted molar refractivity (Wildman–Crippen MR) is 74.8 cm³/mol. The predicted octanol–water partition coefficient (Wildman–Crippen LogP) is 3.29. The Balaban J connectivity index is 2.12. The lowest BCUT2D eigenvalue weighted by Gasteiger charge is -2.37. The molecular formula is C15H24N2O. The Hall–Kier alpha value is -1.09. The molecule has 3 nitrogen and oxygen atoms in total. The first kappa shape index (κ1) is 13.3. The van der Waals surface area contributed by atoms with Crippen LogP contribution in [0.4, 0.5) is 5.69 Å². The standard InChI is InChI=1S/C15H24N2O/c1-3-6-13-7-4-5-10-17(13)14-8-9-15(12(2)18)16-11-14/h8-9,11-13,18H,3-7,10H2,1-2H3/t12-,13?/m0/s1. The maximum absolute atomic E-state index is 9.49. The smallest absolute Gasteiger partial charge is 0.0931 e. The van der Waals surface area contributed by atoms with Crippen molar-refractivity contribution in [2.45, 2.75) is 58.1 Å². The highest BCUT2D eigenvalue weighted by Crippen LogP contribution is 2.27. The van der Waals surface area contributed by atoms with Gasteiger partial charge in [-0.2, -0.15) is 0 Å². The molecule has 1 aliphatic rings. The SMILES string of the molecule is CCCC1CCCCN1c1ccc([C@H](C)O)nc1. The normalized spacial score (nSPS) is 21.9. The van der Waals surface area contributed by atoms with E-state index in [-0.39, 0.29) is 0 Å². The molecule has 1 aromatic rings. The van der Waals surface area contributed by atoms with Crippen molar-refractivity contribution in [2.75, 3.05) is 11.4 Å². The zero-order valence-corrected chi connectivity index (χ0v) is 11.5. The van der Waals surface area contributed by atoms with E-state index in [9.17, 15) is 5.11 Å². The van der Waals surface area contributed by atoms with Crippen LogP contribution in [0.25, 0.3) is 0 Å². The lowest BCUT2D eigenvalue weighted by molar-refractivity contribution is 0.194. The summed E-state index contributed by atoms with van der Waals surface area (Å²) >= 11 is 0. The lowest BCUT2D eigenvalue weighted by atomic mass is 9.97. The molecule has 0 aromatic carbocycles. The first-order valence-corrected chi connectivity index (χ1v) is 7.13. The molecule has 0 radical (unpaired) electrons. The summed E-state index contributed by atoms with van der Waals surface area (Å²) in [4.78, 5) is 6.85. The third-order valence-electron chi connectivity index (χ3n) is 3.78. The number of anilines is 1. The van der Waals surface area contributed by atoms with Crippen LogP contribution in [0.2, 0.25) is 0 Å². The highest BCUT2D eigenvalue weighted by Gasteiger charge is 2.22. The zero-order valence-electron chi connectivity index (χ0n) is 11.5. The summed E-state index contributed by atoms with van der Waals surface area (Å²) in [7, 11) is 0. The molecule has 1 aromatic heterocycles. The minimum atomic E-state index is -0.480. The second-order valence-corrected chi connectivity index (χ2v) is 5.25. The summed E-state index contributed by atoms with van der Waals surface area (Å²) in [6.07, 6.45) is 7.85. The van der Waals surface area contributed by atoms with E-state index < -0.39 is 6.10 Å². The molecule has 0 spiro atoms. The van der Waals surface area contributed by atoms with Gasteiger partial charge in [0, 0.05) is 12.6 Å². The second kappa shape index (κ2) is 6.19. The summed E-state index contributed by atoms with van der Waals surface area (Å²) in [5, 5.41) is 9.49. The summed E-state index contributed by atoms with van der Waals surface area (Å²) in [5.41, 5.74) is 1.96. The van der Waals surface area contributed by atoms with Crippen molar-refractivity contribution in [3.63, 3.8) is 0 Å². The van der Waals surface area contributed by atoms with Crippen LogP contribution >= 0.6 is 0 Å². The van der Waals surface area contributed by atoms with Gasteiger partial charge in [0.2, 0.25) is 0 Å². The van der Waals surface area contributed by atoms with Gasteiger partial charge in [-0.05, 0) is 44.7 Å². The Morgan fingerprint density at radius 3 is 2.89 bits per heavy atom. The van der Waals surface area contributed by atoms with Crippen LogP contribution in [0.15, 0.2) is 18.3 Å². The van der Waals surface area contributed by atoms with E-state index in [0.717, 1.165) is 12.2 Å². The number of aliphatic hydroxyl groups excluding tert-OH is 1. The van der Waals surface area contributed by atoms with E-state index in [1.165, 1.54) is 37.8 Å². The molecule has 1 fully saturated rings. The van der Waals surface area contributed by atoms with E-state index in [2.05, 4.69) is 22.9 Å². The maximum atomic E-state index is 9.49. The molecule has 1 aliphatic heterocycles. The van der Waals surface area contributed by atoms with E-state index in [4.69, 9.17) is 0 Å². The lowest BCUT2D eigenvalue weighted by Crippen LogP contribution is -2.39. The van der Waals surface area contributed by atoms with Crippen LogP contribution in [-0.2, 0) is 0 Å². The molecule has 1 unspecified atom stereocenters. The number of hydrogen-bond acceptors (Lipinski definition) is 3. The molecule has 0 aliphatic carbocycles. The van der Waals surface area contributed by atoms with Crippen molar-refractivity contribution >= 4 is 5.69 Å². The Kier molecular flexibility index (Phi) is 4.59. The van der Waals surface area contributed by atoms with Crippen LogP contribution < -0.4 is 4.90 Å². The minimum Gasteiger partial charge on any atom is -0.387 e. The molecule has 3 heteroatoms. The molecule has 0 bridgehead atoms. The van der Waals surface area contributed by atoms with Crippen LogP contribution in [0, 0.1) is 0 Å². The number of piperidine rings is 1. The maximum Gasteiger partial charge on any atom is 0.0931 e. The number of hydrogen-bond donors (Lipinski definition) is 1. The quantitative estimate of drug-likeness (QED) is 0.888. The topological polar surface area (TPSA) is 36.4 Å². The average Bonchev–Trinajstić information content (AvgIpc) is 2.40. The van der Waals surface area contributed by atoms with Gasteiger partial charge in [-0.25, -0.2) is 0 Å². The fourth-order valence-electron chi connectivity index (χ4n) is 2.79. The van der Waals surface area contributed by atoms with E-state index >= 15 is 0 Å². The highest BCUT2D eigenvalue weighted by molar-refractivity contribution is 5.46. The van der Waals surface area contributed by atoms with E-state index in [1.807, 2.05) is 12.3 Å². The van der Waals surface area contributed by atoms with Gasteiger partial charge in [0.1, 0.15) is 0 Å². The third-order valence-corrected chi connectivity index (χ3v) is 3.78. The fraction of sp³-hybridized carbons (Fsp3) is 0.667. The number of rotatable bonds is 4. The van der Waals surface area contributed by atoms with Crippen LogP contribution in [-0.4, -0.2) is 22.7 Å². The molecule has 1 N–H and O–H groups in total. The Morgan fingerprint density at radius 2 is 2.28 bits per heavy atom. The van der Waals surface area contributed by atoms with Gasteiger partial charge in [0.15, 0.2) is 0 Å². The zero-order chi connectivity index (χ0) is 13.0.